The molecule has 0 bridgehead atoms. The summed E-state index contributed by atoms with van der Waals surface area (Å²) < 4.78 is 0. The predicted octanol–water partition coefficient (Wildman–Crippen LogP) is 1.50. The quantitative estimate of drug-likeness (QED) is 0.791. The first-order chi connectivity index (χ1) is 6.65. The Morgan fingerprint density at radius 1 is 1.64 bits per heavy atom. The van der Waals surface area contributed by atoms with Gasteiger partial charge in [0.05, 0.1) is 17.6 Å². The molecular formula is C10H15N3O. The van der Waals surface area contributed by atoms with Crippen LogP contribution < -0.4 is 10.2 Å². The van der Waals surface area contributed by atoms with Crippen molar-refractivity contribution in [1.29, 1.82) is 0 Å². The Bertz CT molecular complexity index is 325. The van der Waals surface area contributed by atoms with Gasteiger partial charge in [-0.05, 0) is 13.0 Å². The first kappa shape index (κ1) is 10.5. The highest BCUT2D eigenvalue weighted by atomic mass is 16.1. The van der Waals surface area contributed by atoms with Crippen LogP contribution in [0.4, 0.5) is 11.4 Å². The van der Waals surface area contributed by atoms with Crippen molar-refractivity contribution in [2.75, 3.05) is 23.8 Å². The molecule has 0 saturated heterocycles. The van der Waals surface area contributed by atoms with E-state index < -0.39 is 0 Å². The van der Waals surface area contributed by atoms with Gasteiger partial charge in [0, 0.05) is 26.7 Å². The molecule has 0 radical (unpaired) electrons. The molecule has 0 aliphatic heterocycles. The summed E-state index contributed by atoms with van der Waals surface area (Å²) in [6.45, 7) is 4.43. The van der Waals surface area contributed by atoms with Gasteiger partial charge in [-0.1, -0.05) is 0 Å². The van der Waals surface area contributed by atoms with Crippen molar-refractivity contribution >= 4 is 17.3 Å². The van der Waals surface area contributed by atoms with Gasteiger partial charge in [-0.25, -0.2) is 0 Å². The average Bonchev–Trinajstić information content (AvgIpc) is 2.16. The molecule has 76 valence electrons. The number of carbonyl (C=O) groups excluding carboxylic acids is 1. The van der Waals surface area contributed by atoms with E-state index >= 15 is 0 Å². The number of rotatable bonds is 3. The summed E-state index contributed by atoms with van der Waals surface area (Å²) in [6.07, 6.45) is 3.37. The zero-order valence-corrected chi connectivity index (χ0v) is 8.74. The molecule has 4 nitrogen and oxygen atoms in total. The first-order valence-electron chi connectivity index (χ1n) is 4.58. The smallest absolute Gasteiger partial charge is 0.221 e. The molecule has 0 atom stereocenters. The Balaban J connectivity index is 2.96. The van der Waals surface area contributed by atoms with Crippen LogP contribution in [-0.4, -0.2) is 24.5 Å². The Hall–Kier alpha value is -1.58. The normalized spacial score (nSPS) is 9.64. The summed E-state index contributed by atoms with van der Waals surface area (Å²) >= 11 is 0. The van der Waals surface area contributed by atoms with E-state index in [0.29, 0.717) is 0 Å². The molecule has 0 unspecified atom stereocenters. The predicted molar refractivity (Wildman–Crippen MR) is 57.5 cm³/mol. The molecule has 14 heavy (non-hydrogen) atoms. The van der Waals surface area contributed by atoms with Crippen LogP contribution in [0.15, 0.2) is 18.5 Å². The van der Waals surface area contributed by atoms with Gasteiger partial charge in [-0.3, -0.25) is 9.78 Å². The van der Waals surface area contributed by atoms with Gasteiger partial charge >= 0.3 is 0 Å². The molecule has 0 fully saturated rings. The molecule has 4 heteroatoms. The van der Waals surface area contributed by atoms with E-state index in [-0.39, 0.29) is 5.91 Å². The van der Waals surface area contributed by atoms with Crippen LogP contribution in [0, 0.1) is 0 Å². The second kappa shape index (κ2) is 4.60. The fourth-order valence-electron chi connectivity index (χ4n) is 1.18. The van der Waals surface area contributed by atoms with Crippen LogP contribution in [0.2, 0.25) is 0 Å². The maximum Gasteiger partial charge on any atom is 0.221 e. The average molecular weight is 193 g/mol. The number of hydrogen-bond acceptors (Lipinski definition) is 3. The lowest BCUT2D eigenvalue weighted by Gasteiger charge is -2.19. The number of nitrogens with one attached hydrogen (secondary N) is 1. The minimum absolute atomic E-state index is 0.0799. The van der Waals surface area contributed by atoms with Gasteiger partial charge in [0.1, 0.15) is 0 Å². The molecule has 0 aliphatic carbocycles. The van der Waals surface area contributed by atoms with Crippen molar-refractivity contribution in [1.82, 2.24) is 4.98 Å². The zero-order chi connectivity index (χ0) is 10.6. The van der Waals surface area contributed by atoms with E-state index in [2.05, 4.69) is 17.2 Å². The maximum absolute atomic E-state index is 10.9. The van der Waals surface area contributed by atoms with E-state index in [1.54, 1.807) is 12.4 Å². The van der Waals surface area contributed by atoms with Crippen LogP contribution in [0.25, 0.3) is 0 Å². The summed E-state index contributed by atoms with van der Waals surface area (Å²) in [7, 11) is 1.97. The fraction of sp³-hybridized carbons (Fsp3) is 0.400. The Morgan fingerprint density at radius 2 is 2.36 bits per heavy atom. The standard InChI is InChI=1S/C10H15N3O/c1-4-13(3)10-5-6-11-7-9(10)12-8(2)14/h5-7H,4H2,1-3H3,(H,12,14). The van der Waals surface area contributed by atoms with Gasteiger partial charge in [0.2, 0.25) is 5.91 Å². The van der Waals surface area contributed by atoms with E-state index in [4.69, 9.17) is 0 Å². The zero-order valence-electron chi connectivity index (χ0n) is 8.74. The number of amides is 1. The molecule has 1 amide bonds. The van der Waals surface area contributed by atoms with E-state index in [1.807, 2.05) is 18.0 Å². The van der Waals surface area contributed by atoms with E-state index in [0.717, 1.165) is 17.9 Å². The lowest BCUT2D eigenvalue weighted by molar-refractivity contribution is -0.114. The second-order valence-electron chi connectivity index (χ2n) is 3.09. The third-order valence-electron chi connectivity index (χ3n) is 1.99. The first-order valence-corrected chi connectivity index (χ1v) is 4.58. The van der Waals surface area contributed by atoms with Crippen molar-refractivity contribution in [3.63, 3.8) is 0 Å². The monoisotopic (exact) mass is 193 g/mol. The molecule has 0 spiro atoms. The van der Waals surface area contributed by atoms with Crippen molar-refractivity contribution in [3.8, 4) is 0 Å². The molecule has 0 saturated carbocycles. The van der Waals surface area contributed by atoms with Crippen molar-refractivity contribution in [3.05, 3.63) is 18.5 Å². The lowest BCUT2D eigenvalue weighted by Crippen LogP contribution is -2.19. The minimum atomic E-state index is -0.0799. The summed E-state index contributed by atoms with van der Waals surface area (Å²) in [4.78, 5) is 16.9. The van der Waals surface area contributed by atoms with Crippen LogP contribution in [0.3, 0.4) is 0 Å². The SMILES string of the molecule is CCN(C)c1ccncc1NC(C)=O. The molecule has 0 aliphatic rings. The largest absolute Gasteiger partial charge is 0.373 e. The highest BCUT2D eigenvalue weighted by Gasteiger charge is 2.06. The van der Waals surface area contributed by atoms with E-state index in [9.17, 15) is 4.79 Å². The van der Waals surface area contributed by atoms with Crippen molar-refractivity contribution < 1.29 is 4.79 Å². The van der Waals surface area contributed by atoms with Gasteiger partial charge in [-0.2, -0.15) is 0 Å². The number of hydrogen-bond donors (Lipinski definition) is 1. The second-order valence-corrected chi connectivity index (χ2v) is 3.09. The number of nitrogens with zero attached hydrogens (tertiary/aromatic N) is 2. The third kappa shape index (κ3) is 2.45. The summed E-state index contributed by atoms with van der Waals surface area (Å²) in [6, 6.07) is 1.88. The van der Waals surface area contributed by atoms with Crippen LogP contribution in [0.5, 0.6) is 0 Å². The van der Waals surface area contributed by atoms with Gasteiger partial charge in [0.15, 0.2) is 0 Å². The molecule has 1 aromatic rings. The van der Waals surface area contributed by atoms with Crippen LogP contribution >= 0.6 is 0 Å². The maximum atomic E-state index is 10.9. The third-order valence-corrected chi connectivity index (χ3v) is 1.99. The Morgan fingerprint density at radius 3 is 2.93 bits per heavy atom. The fourth-order valence-corrected chi connectivity index (χ4v) is 1.18. The molecule has 1 heterocycles. The van der Waals surface area contributed by atoms with Crippen LogP contribution in [-0.2, 0) is 4.79 Å². The summed E-state index contributed by atoms with van der Waals surface area (Å²) in [5, 5.41) is 2.75. The minimum Gasteiger partial charge on any atom is -0.373 e. The highest BCUT2D eigenvalue weighted by molar-refractivity contribution is 5.92. The van der Waals surface area contributed by atoms with E-state index in [1.165, 1.54) is 6.92 Å². The van der Waals surface area contributed by atoms with Gasteiger partial charge in [0.25, 0.3) is 0 Å². The lowest BCUT2D eigenvalue weighted by atomic mass is 10.3. The molecule has 1 rings (SSSR count). The Labute approximate surface area is 83.9 Å². The number of aromatic nitrogens is 1. The number of carbonyl (C=O) groups is 1. The molecule has 1 N–H and O–H groups in total. The van der Waals surface area contributed by atoms with Crippen molar-refractivity contribution in [2.45, 2.75) is 13.8 Å². The molecular weight excluding hydrogens is 178 g/mol. The molecule has 0 aromatic carbocycles. The van der Waals surface area contributed by atoms with Crippen LogP contribution in [0.1, 0.15) is 13.8 Å². The topological polar surface area (TPSA) is 45.2 Å². The van der Waals surface area contributed by atoms with Crippen molar-refractivity contribution in [2.24, 2.45) is 0 Å². The molecule has 1 aromatic heterocycles. The number of anilines is 2. The van der Waals surface area contributed by atoms with Gasteiger partial charge in [-0.15, -0.1) is 0 Å². The Kier molecular flexibility index (Phi) is 3.45. The summed E-state index contributed by atoms with van der Waals surface area (Å²) in [5.74, 6) is -0.0799. The number of pyridine rings is 1. The highest BCUT2D eigenvalue weighted by Crippen LogP contribution is 2.22. The van der Waals surface area contributed by atoms with Gasteiger partial charge < -0.3 is 10.2 Å². The summed E-state index contributed by atoms with van der Waals surface area (Å²) in [5.41, 5.74) is 1.74.